The molecule has 72 valence electrons. The van der Waals surface area contributed by atoms with Crippen LogP contribution in [0, 0.1) is 12.8 Å². The molecule has 0 aliphatic heterocycles. The third-order valence-corrected chi connectivity index (χ3v) is 3.74. The molecular weight excluding hydrogens is 178 g/mol. The Hall–Kier alpha value is -0.340. The highest BCUT2D eigenvalue weighted by molar-refractivity contribution is 7.11. The molecule has 1 N–H and O–H groups in total. The van der Waals surface area contributed by atoms with E-state index in [0.717, 1.165) is 18.5 Å². The van der Waals surface area contributed by atoms with Crippen LogP contribution in [-0.4, -0.2) is 6.04 Å². The maximum absolute atomic E-state index is 3.59. The van der Waals surface area contributed by atoms with Crippen molar-refractivity contribution >= 4 is 11.3 Å². The Bertz CT molecular complexity index is 273. The van der Waals surface area contributed by atoms with Crippen LogP contribution >= 0.6 is 11.3 Å². The van der Waals surface area contributed by atoms with Crippen LogP contribution in [0.15, 0.2) is 12.1 Å². The van der Waals surface area contributed by atoms with Gasteiger partial charge in [0.1, 0.15) is 0 Å². The Morgan fingerprint density at radius 1 is 1.46 bits per heavy atom. The van der Waals surface area contributed by atoms with Crippen molar-refractivity contribution in [3.8, 4) is 0 Å². The molecule has 0 bridgehead atoms. The molecular formula is C11H17NS. The molecule has 13 heavy (non-hydrogen) atoms. The molecule has 1 nitrogen and oxygen atoms in total. The summed E-state index contributed by atoms with van der Waals surface area (Å²) in [7, 11) is 0. The van der Waals surface area contributed by atoms with Crippen molar-refractivity contribution in [2.24, 2.45) is 5.92 Å². The molecule has 0 amide bonds. The summed E-state index contributed by atoms with van der Waals surface area (Å²) < 4.78 is 0. The lowest BCUT2D eigenvalue weighted by Gasteiger charge is -2.33. The second kappa shape index (κ2) is 3.81. The van der Waals surface area contributed by atoms with Crippen molar-refractivity contribution in [1.82, 2.24) is 5.32 Å². The van der Waals surface area contributed by atoms with Crippen LogP contribution in [0.1, 0.15) is 29.5 Å². The fourth-order valence-corrected chi connectivity index (χ4v) is 2.74. The van der Waals surface area contributed by atoms with Gasteiger partial charge in [0.25, 0.3) is 0 Å². The number of hydrogen-bond acceptors (Lipinski definition) is 2. The summed E-state index contributed by atoms with van der Waals surface area (Å²) in [5, 5.41) is 3.59. The van der Waals surface area contributed by atoms with Crippen molar-refractivity contribution in [3.63, 3.8) is 0 Å². The van der Waals surface area contributed by atoms with E-state index in [2.05, 4.69) is 31.3 Å². The van der Waals surface area contributed by atoms with Gasteiger partial charge >= 0.3 is 0 Å². The maximum Gasteiger partial charge on any atom is 0.0302 e. The second-order valence-electron chi connectivity index (χ2n) is 4.17. The van der Waals surface area contributed by atoms with Crippen LogP contribution in [0.3, 0.4) is 0 Å². The number of rotatable bonds is 3. The van der Waals surface area contributed by atoms with Gasteiger partial charge in [-0.05, 0) is 37.8 Å². The van der Waals surface area contributed by atoms with E-state index in [0.29, 0.717) is 0 Å². The van der Waals surface area contributed by atoms with Gasteiger partial charge in [-0.1, -0.05) is 6.92 Å². The smallest absolute Gasteiger partial charge is 0.0302 e. The summed E-state index contributed by atoms with van der Waals surface area (Å²) in [4.78, 5) is 2.89. The molecule has 0 radical (unpaired) electrons. The molecule has 0 saturated heterocycles. The predicted octanol–water partition coefficient (Wildman–Crippen LogP) is 2.94. The van der Waals surface area contributed by atoms with E-state index in [4.69, 9.17) is 0 Å². The predicted molar refractivity (Wildman–Crippen MR) is 58.1 cm³/mol. The molecule has 0 spiro atoms. The highest BCUT2D eigenvalue weighted by atomic mass is 32.1. The fraction of sp³-hybridized carbons (Fsp3) is 0.636. The Labute approximate surface area is 84.2 Å². The molecule has 1 saturated carbocycles. The Balaban J connectivity index is 1.74. The summed E-state index contributed by atoms with van der Waals surface area (Å²) >= 11 is 1.90. The molecule has 1 aromatic rings. The van der Waals surface area contributed by atoms with Crippen LogP contribution in [0.2, 0.25) is 0 Å². The van der Waals surface area contributed by atoms with E-state index in [9.17, 15) is 0 Å². The molecule has 1 aliphatic carbocycles. The van der Waals surface area contributed by atoms with Crippen molar-refractivity contribution in [2.75, 3.05) is 0 Å². The standard InChI is InChI=1S/C11H17NS/c1-8-5-10(6-8)12-7-11-4-3-9(2)13-11/h3-4,8,10,12H,5-7H2,1-2H3. The molecule has 0 atom stereocenters. The number of hydrogen-bond donors (Lipinski definition) is 1. The average Bonchev–Trinajstić information content (AvgIpc) is 2.43. The lowest BCUT2D eigenvalue weighted by molar-refractivity contribution is 0.241. The van der Waals surface area contributed by atoms with Crippen molar-refractivity contribution in [2.45, 2.75) is 39.3 Å². The lowest BCUT2D eigenvalue weighted by atomic mass is 9.82. The molecule has 2 heteroatoms. The summed E-state index contributed by atoms with van der Waals surface area (Å²) in [5.74, 6) is 0.947. The van der Waals surface area contributed by atoms with Gasteiger partial charge < -0.3 is 5.32 Å². The van der Waals surface area contributed by atoms with E-state index in [1.54, 1.807) is 0 Å². The van der Waals surface area contributed by atoms with Crippen LogP contribution in [0.5, 0.6) is 0 Å². The second-order valence-corrected chi connectivity index (χ2v) is 5.54. The van der Waals surface area contributed by atoms with Crippen LogP contribution in [0.25, 0.3) is 0 Å². The first kappa shape index (κ1) is 9.22. The van der Waals surface area contributed by atoms with Gasteiger partial charge in [0.2, 0.25) is 0 Å². The lowest BCUT2D eigenvalue weighted by Crippen LogP contribution is -2.39. The van der Waals surface area contributed by atoms with Gasteiger partial charge in [0, 0.05) is 22.3 Å². The Kier molecular flexibility index (Phi) is 2.70. The molecule has 1 fully saturated rings. The Morgan fingerprint density at radius 3 is 2.77 bits per heavy atom. The first-order valence-electron chi connectivity index (χ1n) is 5.03. The van der Waals surface area contributed by atoms with Gasteiger partial charge in [-0.15, -0.1) is 11.3 Å². The van der Waals surface area contributed by atoms with Gasteiger partial charge in [0.15, 0.2) is 0 Å². The first-order chi connectivity index (χ1) is 6.24. The average molecular weight is 195 g/mol. The highest BCUT2D eigenvalue weighted by Crippen LogP contribution is 2.26. The molecule has 2 rings (SSSR count). The van der Waals surface area contributed by atoms with Gasteiger partial charge in [-0.3, -0.25) is 0 Å². The third kappa shape index (κ3) is 2.32. The van der Waals surface area contributed by atoms with Gasteiger partial charge in [-0.2, -0.15) is 0 Å². The van der Waals surface area contributed by atoms with Crippen LogP contribution in [0.4, 0.5) is 0 Å². The van der Waals surface area contributed by atoms with Crippen molar-refractivity contribution in [1.29, 1.82) is 0 Å². The quantitative estimate of drug-likeness (QED) is 0.782. The van der Waals surface area contributed by atoms with Gasteiger partial charge in [-0.25, -0.2) is 0 Å². The molecule has 1 heterocycles. The SMILES string of the molecule is Cc1ccc(CNC2CC(C)C2)s1. The van der Waals surface area contributed by atoms with Gasteiger partial charge in [0.05, 0.1) is 0 Å². The largest absolute Gasteiger partial charge is 0.309 e. The summed E-state index contributed by atoms with van der Waals surface area (Å²) in [6.07, 6.45) is 2.73. The minimum Gasteiger partial charge on any atom is -0.309 e. The van der Waals surface area contributed by atoms with Crippen molar-refractivity contribution in [3.05, 3.63) is 21.9 Å². The summed E-state index contributed by atoms with van der Waals surface area (Å²) in [6, 6.07) is 5.22. The van der Waals surface area contributed by atoms with E-state index in [1.165, 1.54) is 22.6 Å². The van der Waals surface area contributed by atoms with E-state index >= 15 is 0 Å². The molecule has 0 unspecified atom stereocenters. The van der Waals surface area contributed by atoms with E-state index in [1.807, 2.05) is 11.3 Å². The number of nitrogens with one attached hydrogen (secondary N) is 1. The minimum absolute atomic E-state index is 0.789. The van der Waals surface area contributed by atoms with Crippen LogP contribution in [-0.2, 0) is 6.54 Å². The summed E-state index contributed by atoms with van der Waals surface area (Å²) in [6.45, 7) is 5.56. The molecule has 0 aromatic carbocycles. The topological polar surface area (TPSA) is 12.0 Å². The third-order valence-electron chi connectivity index (χ3n) is 2.73. The minimum atomic E-state index is 0.789. The van der Waals surface area contributed by atoms with E-state index < -0.39 is 0 Å². The zero-order valence-electron chi connectivity index (χ0n) is 8.34. The number of aryl methyl sites for hydroxylation is 1. The maximum atomic E-state index is 3.59. The zero-order valence-corrected chi connectivity index (χ0v) is 9.16. The molecule has 1 aromatic heterocycles. The van der Waals surface area contributed by atoms with E-state index in [-0.39, 0.29) is 0 Å². The zero-order chi connectivity index (χ0) is 9.26. The number of thiophene rings is 1. The highest BCUT2D eigenvalue weighted by Gasteiger charge is 2.24. The fourth-order valence-electron chi connectivity index (χ4n) is 1.89. The normalized spacial score (nSPS) is 27.2. The first-order valence-corrected chi connectivity index (χ1v) is 5.84. The van der Waals surface area contributed by atoms with Crippen LogP contribution < -0.4 is 5.32 Å². The van der Waals surface area contributed by atoms with Crippen molar-refractivity contribution < 1.29 is 0 Å². The monoisotopic (exact) mass is 195 g/mol. The summed E-state index contributed by atoms with van der Waals surface area (Å²) in [5.41, 5.74) is 0. The Morgan fingerprint density at radius 2 is 2.23 bits per heavy atom. The molecule has 1 aliphatic rings.